The van der Waals surface area contributed by atoms with Crippen LogP contribution in [0.1, 0.15) is 34.6 Å². The fourth-order valence-corrected chi connectivity index (χ4v) is 2.41. The molecule has 0 saturated carbocycles. The number of hydrogen-bond donors (Lipinski definition) is 2. The zero-order chi connectivity index (χ0) is 20.5. The minimum absolute atomic E-state index is 0.136. The molecule has 0 spiro atoms. The molecule has 0 saturated heterocycles. The van der Waals surface area contributed by atoms with Crippen molar-refractivity contribution in [3.8, 4) is 0 Å². The minimum Gasteiger partial charge on any atom is -0.619 e. The van der Waals surface area contributed by atoms with Gasteiger partial charge in [-0.05, 0) is 38.1 Å². The fourth-order valence-electron chi connectivity index (χ4n) is 2.41. The number of carbonyl (C=O) groups is 3. The molecular formula is C19H22N4O5. The summed E-state index contributed by atoms with van der Waals surface area (Å²) < 4.78 is 5.34. The van der Waals surface area contributed by atoms with E-state index in [2.05, 4.69) is 15.8 Å². The molecule has 0 bridgehead atoms. The lowest BCUT2D eigenvalue weighted by Gasteiger charge is -2.21. The summed E-state index contributed by atoms with van der Waals surface area (Å²) in [5, 5.41) is 10.9. The number of amides is 2. The summed E-state index contributed by atoms with van der Waals surface area (Å²) in [5.74, 6) is -1.95. The molecule has 0 radical (unpaired) electrons. The molecule has 9 heteroatoms. The lowest BCUT2D eigenvalue weighted by atomic mass is 10.2. The van der Waals surface area contributed by atoms with Gasteiger partial charge < -0.3 is 14.8 Å². The second-order valence-electron chi connectivity index (χ2n) is 5.74. The summed E-state index contributed by atoms with van der Waals surface area (Å²) in [6.45, 7) is 5.23. The van der Waals surface area contributed by atoms with E-state index in [1.54, 1.807) is 12.1 Å². The van der Waals surface area contributed by atoms with Crippen molar-refractivity contribution in [2.45, 2.75) is 13.8 Å². The summed E-state index contributed by atoms with van der Waals surface area (Å²) in [7, 11) is 0. The van der Waals surface area contributed by atoms with Gasteiger partial charge in [0.15, 0.2) is 19.0 Å². The summed E-state index contributed by atoms with van der Waals surface area (Å²) in [6.07, 6.45) is 2.28. The molecule has 148 valence electrons. The molecule has 2 amide bonds. The van der Waals surface area contributed by atoms with Crippen molar-refractivity contribution in [3.05, 3.63) is 65.1 Å². The molecule has 28 heavy (non-hydrogen) atoms. The van der Waals surface area contributed by atoms with Crippen LogP contribution in [0.3, 0.4) is 0 Å². The Balaban J connectivity index is 1.79. The number of carbonyl (C=O) groups excluding carboxylic acids is 3. The number of ether oxygens (including phenoxy) is 1. The van der Waals surface area contributed by atoms with Crippen LogP contribution >= 0.6 is 0 Å². The van der Waals surface area contributed by atoms with Gasteiger partial charge in [-0.3, -0.25) is 20.4 Å². The third-order valence-corrected chi connectivity index (χ3v) is 3.95. The maximum absolute atomic E-state index is 12.1. The van der Waals surface area contributed by atoms with Crippen LogP contribution in [0.5, 0.6) is 0 Å². The Kier molecular flexibility index (Phi) is 7.32. The fraction of sp³-hybridized carbons (Fsp3) is 0.263. The molecule has 1 heterocycles. The van der Waals surface area contributed by atoms with Crippen molar-refractivity contribution in [3.63, 3.8) is 0 Å². The first-order valence-corrected chi connectivity index (χ1v) is 8.74. The Morgan fingerprint density at radius 1 is 0.964 bits per heavy atom. The van der Waals surface area contributed by atoms with Crippen LogP contribution in [-0.2, 0) is 9.53 Å². The van der Waals surface area contributed by atoms with Gasteiger partial charge >= 0.3 is 5.97 Å². The quantitative estimate of drug-likeness (QED) is 0.315. The number of hydrazine groups is 1. The van der Waals surface area contributed by atoms with E-state index in [9.17, 15) is 19.6 Å². The van der Waals surface area contributed by atoms with Gasteiger partial charge in [-0.25, -0.2) is 4.79 Å². The molecule has 0 fully saturated rings. The third-order valence-electron chi connectivity index (χ3n) is 3.95. The van der Waals surface area contributed by atoms with Gasteiger partial charge in [-0.15, -0.1) is 0 Å². The summed E-state index contributed by atoms with van der Waals surface area (Å²) >= 11 is 0. The smallest absolute Gasteiger partial charge is 0.339 e. The molecule has 0 atom stereocenters. The maximum atomic E-state index is 12.1. The number of aromatic nitrogens is 1. The number of nitrogens with one attached hydrogen (secondary N) is 2. The van der Waals surface area contributed by atoms with Crippen LogP contribution < -0.4 is 20.5 Å². The highest BCUT2D eigenvalue weighted by Gasteiger charge is 2.12. The van der Waals surface area contributed by atoms with Crippen molar-refractivity contribution in [1.82, 2.24) is 10.9 Å². The highest BCUT2D eigenvalue weighted by Crippen LogP contribution is 2.14. The average molecular weight is 386 g/mol. The van der Waals surface area contributed by atoms with E-state index in [-0.39, 0.29) is 5.56 Å². The predicted molar refractivity (Wildman–Crippen MR) is 101 cm³/mol. The number of anilines is 1. The molecule has 2 N–H and O–H groups in total. The zero-order valence-electron chi connectivity index (χ0n) is 15.7. The molecule has 0 aliphatic heterocycles. The molecule has 2 rings (SSSR count). The van der Waals surface area contributed by atoms with Crippen LogP contribution in [0.15, 0.2) is 48.8 Å². The SMILES string of the molecule is CCN(CC)c1ccc(C(=O)NNC(=O)COC(=O)c2cc[n+]([O-])cc2)cc1. The van der Waals surface area contributed by atoms with Crippen molar-refractivity contribution < 1.29 is 23.9 Å². The Bertz CT molecular complexity index is 817. The highest BCUT2D eigenvalue weighted by molar-refractivity contribution is 5.96. The van der Waals surface area contributed by atoms with Crippen molar-refractivity contribution in [2.75, 3.05) is 24.6 Å². The van der Waals surface area contributed by atoms with E-state index >= 15 is 0 Å². The average Bonchev–Trinajstić information content (AvgIpc) is 2.72. The minimum atomic E-state index is -0.755. The molecule has 2 aromatic rings. The number of hydrogen-bond acceptors (Lipinski definition) is 6. The van der Waals surface area contributed by atoms with Gasteiger partial charge in [0.25, 0.3) is 11.8 Å². The Morgan fingerprint density at radius 3 is 2.14 bits per heavy atom. The lowest BCUT2D eigenvalue weighted by molar-refractivity contribution is -0.605. The molecule has 9 nitrogen and oxygen atoms in total. The van der Waals surface area contributed by atoms with E-state index < -0.39 is 24.4 Å². The first kappa shape index (κ1) is 20.7. The van der Waals surface area contributed by atoms with Crippen molar-refractivity contribution >= 4 is 23.5 Å². The van der Waals surface area contributed by atoms with Crippen molar-refractivity contribution in [2.24, 2.45) is 0 Å². The van der Waals surface area contributed by atoms with Crippen LogP contribution in [0.4, 0.5) is 5.69 Å². The number of pyridine rings is 1. The second kappa shape index (κ2) is 9.91. The molecule has 0 aliphatic rings. The van der Waals surface area contributed by atoms with Gasteiger partial charge in [-0.2, -0.15) is 4.73 Å². The number of esters is 1. The predicted octanol–water partition coefficient (Wildman–Crippen LogP) is 0.784. The molecular weight excluding hydrogens is 364 g/mol. The van der Waals surface area contributed by atoms with E-state index in [1.165, 1.54) is 12.1 Å². The second-order valence-corrected chi connectivity index (χ2v) is 5.74. The Labute approximate surface area is 162 Å². The first-order chi connectivity index (χ1) is 13.4. The summed E-state index contributed by atoms with van der Waals surface area (Å²) in [4.78, 5) is 37.7. The highest BCUT2D eigenvalue weighted by atomic mass is 16.5. The van der Waals surface area contributed by atoms with Gasteiger partial charge in [0, 0.05) is 36.5 Å². The van der Waals surface area contributed by atoms with Gasteiger partial charge in [0.05, 0.1) is 5.56 Å². The normalized spacial score (nSPS) is 10.1. The maximum Gasteiger partial charge on any atom is 0.339 e. The summed E-state index contributed by atoms with van der Waals surface area (Å²) in [6, 6.07) is 9.53. The first-order valence-electron chi connectivity index (χ1n) is 8.74. The van der Waals surface area contributed by atoms with E-state index in [0.717, 1.165) is 31.2 Å². The van der Waals surface area contributed by atoms with Gasteiger partial charge in [-0.1, -0.05) is 0 Å². The van der Waals surface area contributed by atoms with Crippen LogP contribution in [0.2, 0.25) is 0 Å². The third kappa shape index (κ3) is 5.70. The molecule has 0 aliphatic carbocycles. The molecule has 1 aromatic carbocycles. The van der Waals surface area contributed by atoms with Crippen LogP contribution in [-0.4, -0.2) is 37.5 Å². The molecule has 1 aromatic heterocycles. The van der Waals surface area contributed by atoms with Crippen LogP contribution in [0, 0.1) is 5.21 Å². The van der Waals surface area contributed by atoms with Gasteiger partial charge in [0.1, 0.15) is 0 Å². The number of rotatable bonds is 7. The standard InChI is InChI=1S/C19H22N4O5/c1-3-22(4-2)16-7-5-14(6-8-16)18(25)21-20-17(24)13-28-19(26)15-9-11-23(27)12-10-15/h5-12H,3-4,13H2,1-2H3,(H,20,24)(H,21,25). The van der Waals surface area contributed by atoms with Crippen molar-refractivity contribution in [1.29, 1.82) is 0 Å². The number of benzene rings is 1. The van der Waals surface area contributed by atoms with E-state index in [4.69, 9.17) is 4.74 Å². The van der Waals surface area contributed by atoms with E-state index in [1.807, 2.05) is 26.0 Å². The van der Waals surface area contributed by atoms with E-state index in [0.29, 0.717) is 10.3 Å². The van der Waals surface area contributed by atoms with Gasteiger partial charge in [0.2, 0.25) is 0 Å². The monoisotopic (exact) mass is 386 g/mol. The lowest BCUT2D eigenvalue weighted by Crippen LogP contribution is -2.43. The Morgan fingerprint density at radius 2 is 1.57 bits per heavy atom. The number of nitrogens with zero attached hydrogens (tertiary/aromatic N) is 2. The topological polar surface area (TPSA) is 115 Å². The zero-order valence-corrected chi connectivity index (χ0v) is 15.7. The summed E-state index contributed by atoms with van der Waals surface area (Å²) in [5.41, 5.74) is 5.95. The van der Waals surface area contributed by atoms with Crippen LogP contribution in [0.25, 0.3) is 0 Å². The largest absolute Gasteiger partial charge is 0.619 e. The Hall–Kier alpha value is -3.62. The molecule has 0 unspecified atom stereocenters.